The number of hydrogen-bond donors (Lipinski definition) is 0. The lowest BCUT2D eigenvalue weighted by Crippen LogP contribution is -2.20. The van der Waals surface area contributed by atoms with Gasteiger partial charge in [0, 0.05) is 18.8 Å². The molecule has 14 heavy (non-hydrogen) atoms. The van der Waals surface area contributed by atoms with Crippen LogP contribution in [0.15, 0.2) is 18.2 Å². The molecule has 0 bridgehead atoms. The van der Waals surface area contributed by atoms with Crippen LogP contribution in [0, 0.1) is 0 Å². The van der Waals surface area contributed by atoms with Gasteiger partial charge in [-0.05, 0) is 43.2 Å². The van der Waals surface area contributed by atoms with Crippen molar-refractivity contribution in [3.05, 3.63) is 29.3 Å². The Balaban J connectivity index is 2.08. The van der Waals surface area contributed by atoms with Gasteiger partial charge in [-0.1, -0.05) is 18.2 Å². The van der Waals surface area contributed by atoms with Crippen LogP contribution in [-0.4, -0.2) is 13.1 Å². The monoisotopic (exact) mass is 187 g/mol. The second-order valence-corrected chi connectivity index (χ2v) is 4.46. The van der Waals surface area contributed by atoms with Crippen LogP contribution in [0.1, 0.15) is 36.8 Å². The molecule has 1 aliphatic carbocycles. The SMILES string of the molecule is CCN1CCc2cccc(C3CC3)c21. The summed E-state index contributed by atoms with van der Waals surface area (Å²) in [6.45, 7) is 4.66. The first kappa shape index (κ1) is 8.34. The van der Waals surface area contributed by atoms with Gasteiger partial charge >= 0.3 is 0 Å². The minimum Gasteiger partial charge on any atom is -0.371 e. The molecule has 0 aromatic heterocycles. The van der Waals surface area contributed by atoms with Gasteiger partial charge in [-0.25, -0.2) is 0 Å². The molecule has 2 aliphatic rings. The zero-order valence-electron chi connectivity index (χ0n) is 8.79. The van der Waals surface area contributed by atoms with Crippen molar-refractivity contribution in [3.63, 3.8) is 0 Å². The van der Waals surface area contributed by atoms with E-state index in [0.717, 1.165) is 12.5 Å². The van der Waals surface area contributed by atoms with Gasteiger partial charge in [0.05, 0.1) is 0 Å². The number of hydrogen-bond acceptors (Lipinski definition) is 1. The number of anilines is 1. The van der Waals surface area contributed by atoms with E-state index in [4.69, 9.17) is 0 Å². The van der Waals surface area contributed by atoms with E-state index in [1.54, 1.807) is 16.8 Å². The highest BCUT2D eigenvalue weighted by Gasteiger charge is 2.30. The molecule has 0 N–H and O–H groups in total. The third-order valence-electron chi connectivity index (χ3n) is 3.52. The van der Waals surface area contributed by atoms with Crippen LogP contribution in [0.2, 0.25) is 0 Å². The Morgan fingerprint density at radius 1 is 1.36 bits per heavy atom. The normalized spacial score (nSPS) is 19.9. The minimum atomic E-state index is 0.886. The summed E-state index contributed by atoms with van der Waals surface area (Å²) in [6, 6.07) is 6.88. The number of likely N-dealkylation sites (N-methyl/N-ethyl adjacent to an activating group) is 1. The van der Waals surface area contributed by atoms with Crippen LogP contribution in [0.4, 0.5) is 5.69 Å². The quantitative estimate of drug-likeness (QED) is 0.688. The highest BCUT2D eigenvalue weighted by molar-refractivity contribution is 5.65. The average Bonchev–Trinajstić information content (AvgIpc) is 2.97. The molecule has 0 radical (unpaired) electrons. The molecule has 1 fully saturated rings. The van der Waals surface area contributed by atoms with E-state index in [-0.39, 0.29) is 0 Å². The van der Waals surface area contributed by atoms with Gasteiger partial charge in [0.25, 0.3) is 0 Å². The smallest absolute Gasteiger partial charge is 0.0434 e. The number of rotatable bonds is 2. The maximum atomic E-state index is 2.54. The first-order valence-electron chi connectivity index (χ1n) is 5.77. The summed E-state index contributed by atoms with van der Waals surface area (Å²) in [5.74, 6) is 0.886. The second-order valence-electron chi connectivity index (χ2n) is 4.46. The van der Waals surface area contributed by atoms with Gasteiger partial charge in [-0.15, -0.1) is 0 Å². The topological polar surface area (TPSA) is 3.24 Å². The molecule has 1 heteroatoms. The fourth-order valence-electron chi connectivity index (χ4n) is 2.61. The molecule has 0 atom stereocenters. The van der Waals surface area contributed by atoms with Gasteiger partial charge in [0.2, 0.25) is 0 Å². The van der Waals surface area contributed by atoms with Crippen molar-refractivity contribution in [1.29, 1.82) is 0 Å². The fraction of sp³-hybridized carbons (Fsp3) is 0.538. The van der Waals surface area contributed by atoms with Crippen molar-refractivity contribution in [2.24, 2.45) is 0 Å². The molecule has 0 spiro atoms. The molecule has 1 heterocycles. The fourth-order valence-corrected chi connectivity index (χ4v) is 2.61. The summed E-state index contributed by atoms with van der Waals surface area (Å²) in [5.41, 5.74) is 4.79. The number of nitrogens with zero attached hydrogens (tertiary/aromatic N) is 1. The van der Waals surface area contributed by atoms with Gasteiger partial charge in [0.1, 0.15) is 0 Å². The van der Waals surface area contributed by atoms with Gasteiger partial charge in [-0.3, -0.25) is 0 Å². The van der Waals surface area contributed by atoms with E-state index in [2.05, 4.69) is 30.0 Å². The van der Waals surface area contributed by atoms with Crippen LogP contribution in [0.25, 0.3) is 0 Å². The summed E-state index contributed by atoms with van der Waals surface area (Å²) in [6.07, 6.45) is 4.08. The van der Waals surface area contributed by atoms with Crippen molar-refractivity contribution in [2.75, 3.05) is 18.0 Å². The van der Waals surface area contributed by atoms with Crippen LogP contribution in [-0.2, 0) is 6.42 Å². The molecule has 0 saturated heterocycles. The van der Waals surface area contributed by atoms with Crippen LogP contribution in [0.5, 0.6) is 0 Å². The van der Waals surface area contributed by atoms with E-state index in [1.807, 2.05) is 0 Å². The Morgan fingerprint density at radius 3 is 2.93 bits per heavy atom. The molecule has 1 nitrogen and oxygen atoms in total. The van der Waals surface area contributed by atoms with E-state index in [9.17, 15) is 0 Å². The van der Waals surface area contributed by atoms with Gasteiger partial charge < -0.3 is 4.90 Å². The molecule has 1 aromatic rings. The molecule has 1 aliphatic heterocycles. The van der Waals surface area contributed by atoms with E-state index >= 15 is 0 Å². The highest BCUT2D eigenvalue weighted by atomic mass is 15.1. The van der Waals surface area contributed by atoms with E-state index < -0.39 is 0 Å². The number of para-hydroxylation sites is 1. The first-order chi connectivity index (χ1) is 6.90. The predicted molar refractivity (Wildman–Crippen MR) is 60.0 cm³/mol. The van der Waals surface area contributed by atoms with E-state index in [0.29, 0.717) is 0 Å². The Kier molecular flexibility index (Phi) is 1.79. The maximum absolute atomic E-state index is 2.54. The third-order valence-corrected chi connectivity index (χ3v) is 3.52. The molecule has 0 unspecified atom stereocenters. The number of fused-ring (bicyclic) bond motifs is 1. The summed E-state index contributed by atoms with van der Waals surface area (Å²) in [7, 11) is 0. The maximum Gasteiger partial charge on any atom is 0.0434 e. The van der Waals surface area contributed by atoms with E-state index in [1.165, 1.54) is 25.8 Å². The average molecular weight is 187 g/mol. The molecule has 1 saturated carbocycles. The van der Waals surface area contributed by atoms with Crippen LogP contribution >= 0.6 is 0 Å². The largest absolute Gasteiger partial charge is 0.371 e. The molecule has 1 aromatic carbocycles. The van der Waals surface area contributed by atoms with Crippen molar-refractivity contribution in [3.8, 4) is 0 Å². The zero-order valence-corrected chi connectivity index (χ0v) is 8.79. The van der Waals surface area contributed by atoms with Gasteiger partial charge in [0.15, 0.2) is 0 Å². The lowest BCUT2D eigenvalue weighted by molar-refractivity contribution is 0.862. The standard InChI is InChI=1S/C13H17N/c1-2-14-9-8-11-4-3-5-12(13(11)14)10-6-7-10/h3-5,10H,2,6-9H2,1H3. The lowest BCUT2D eigenvalue weighted by Gasteiger charge is -2.20. The Morgan fingerprint density at radius 2 is 2.21 bits per heavy atom. The highest BCUT2D eigenvalue weighted by Crippen LogP contribution is 2.46. The third kappa shape index (κ3) is 1.15. The summed E-state index contributed by atoms with van der Waals surface area (Å²) >= 11 is 0. The van der Waals surface area contributed by atoms with Crippen molar-refractivity contribution in [1.82, 2.24) is 0 Å². The molecule has 0 amide bonds. The summed E-state index contributed by atoms with van der Waals surface area (Å²) in [5, 5.41) is 0. The van der Waals surface area contributed by atoms with Crippen molar-refractivity contribution < 1.29 is 0 Å². The molecular weight excluding hydrogens is 170 g/mol. The number of benzene rings is 1. The van der Waals surface area contributed by atoms with Crippen LogP contribution < -0.4 is 4.90 Å². The Labute approximate surface area is 85.7 Å². The second kappa shape index (κ2) is 3.01. The Hall–Kier alpha value is -0.980. The Bertz CT molecular complexity index is 352. The molecule has 74 valence electrons. The lowest BCUT2D eigenvalue weighted by atomic mass is 10.0. The first-order valence-corrected chi connectivity index (χ1v) is 5.77. The minimum absolute atomic E-state index is 0.886. The van der Waals surface area contributed by atoms with Crippen molar-refractivity contribution in [2.45, 2.75) is 32.1 Å². The predicted octanol–water partition coefficient (Wildman–Crippen LogP) is 2.95. The van der Waals surface area contributed by atoms with Gasteiger partial charge in [-0.2, -0.15) is 0 Å². The molecule has 3 rings (SSSR count). The van der Waals surface area contributed by atoms with Crippen LogP contribution in [0.3, 0.4) is 0 Å². The van der Waals surface area contributed by atoms with Crippen molar-refractivity contribution >= 4 is 5.69 Å². The zero-order chi connectivity index (χ0) is 9.54. The molecular formula is C13H17N. The summed E-state index contributed by atoms with van der Waals surface area (Å²) in [4.78, 5) is 2.54. The summed E-state index contributed by atoms with van der Waals surface area (Å²) < 4.78 is 0.